The van der Waals surface area contributed by atoms with Gasteiger partial charge in [-0.15, -0.1) is 0 Å². The van der Waals surface area contributed by atoms with Crippen molar-refractivity contribution in [2.45, 2.75) is 192 Å². The van der Waals surface area contributed by atoms with E-state index in [-0.39, 0.29) is 47.0 Å². The Bertz CT molecular complexity index is 3560. The van der Waals surface area contributed by atoms with Crippen LogP contribution in [0.4, 0.5) is 38.5 Å². The zero-order valence-corrected chi connectivity index (χ0v) is 53.7. The number of piperazine rings is 2. The van der Waals surface area contributed by atoms with Crippen LogP contribution >= 0.6 is 11.6 Å². The monoisotopic (exact) mass is 1240 g/mol. The number of carbonyl (C=O) groups is 6. The molecule has 6 aromatic rings. The lowest BCUT2D eigenvalue weighted by molar-refractivity contribution is -0.125. The third kappa shape index (κ3) is 14.3. The van der Waals surface area contributed by atoms with Gasteiger partial charge in [0.15, 0.2) is 0 Å². The maximum atomic E-state index is 13.4. The molecule has 4 saturated heterocycles. The number of hydrogen-bond acceptors (Lipinski definition) is 16. The van der Waals surface area contributed by atoms with Gasteiger partial charge in [-0.2, -0.15) is 9.97 Å². The summed E-state index contributed by atoms with van der Waals surface area (Å²) in [4.78, 5) is 113. The van der Waals surface area contributed by atoms with Crippen LogP contribution in [0.3, 0.4) is 0 Å². The van der Waals surface area contributed by atoms with Crippen LogP contribution < -0.4 is 20.9 Å². The number of nitrogens with one attached hydrogen (secondary N) is 1. The zero-order chi connectivity index (χ0) is 63.6. The standard InChI is InChI=1S/C32H42N8O4.C16H21ClN4O.C16H22N4O3/c1-32(2,3)44-31(43)40-23-12-14-24(40)29(42)38(19-23)22-13-15-26(33-18-22)35-30-34-17-20-16-25(28(41)37(4)5)39(27(20)36-30)21-10-8-6-7-9-11-21;1-20(2)15(22)13-9-11-10-18-16(17)19-14(11)21(13)12-7-5-3-4-6-8-12;1-16(2,3)23-15(22)20-11-4-6-12(20)14(21)19(9-11)10-5-7-13(17)18-8-10/h13,15-18,21,23-24H,6-12,14,19H2,1-5H3,(H,33,34,35,36);9-10,12H,3-8H2,1-2H3;5,7-8,11-12H,4,6,9H2,1-3H3,(H2,17,18). The molecule has 476 valence electrons. The average Bonchev–Trinajstić information content (AvgIpc) is 1.81. The number of aromatic nitrogens is 8. The summed E-state index contributed by atoms with van der Waals surface area (Å²) in [5.74, 6) is 1.08. The number of hydrogen-bond donors (Lipinski definition) is 2. The summed E-state index contributed by atoms with van der Waals surface area (Å²) >= 11 is 5.98. The second kappa shape index (κ2) is 26.5. The van der Waals surface area contributed by atoms with Crippen molar-refractivity contribution in [3.05, 3.63) is 77.9 Å². The Morgan fingerprint density at radius 3 is 1.40 bits per heavy atom. The van der Waals surface area contributed by atoms with Crippen LogP contribution in [0.5, 0.6) is 0 Å². The van der Waals surface area contributed by atoms with E-state index in [1.54, 1.807) is 101 Å². The molecule has 6 aliphatic rings. The lowest BCUT2D eigenvalue weighted by atomic mass is 10.1. The van der Waals surface area contributed by atoms with Gasteiger partial charge in [0.05, 0.1) is 35.9 Å². The van der Waals surface area contributed by atoms with E-state index in [0.717, 1.165) is 73.4 Å². The first-order valence-electron chi connectivity index (χ1n) is 31.3. The number of anilines is 5. The Hall–Kier alpha value is -8.15. The highest BCUT2D eigenvalue weighted by Crippen LogP contribution is 2.39. The fraction of sp³-hybridized carbons (Fsp3) is 0.562. The predicted molar refractivity (Wildman–Crippen MR) is 340 cm³/mol. The molecule has 4 bridgehead atoms. The van der Waals surface area contributed by atoms with E-state index in [0.29, 0.717) is 72.3 Å². The number of amides is 6. The van der Waals surface area contributed by atoms with E-state index >= 15 is 0 Å². The van der Waals surface area contributed by atoms with Gasteiger partial charge in [0.1, 0.15) is 57.6 Å². The zero-order valence-electron chi connectivity index (χ0n) is 52.9. The number of nitrogens with two attached hydrogens (primary N) is 1. The van der Waals surface area contributed by atoms with Gasteiger partial charge < -0.3 is 49.3 Å². The van der Waals surface area contributed by atoms with Crippen molar-refractivity contribution in [3.8, 4) is 0 Å². The first-order valence-corrected chi connectivity index (χ1v) is 31.7. The Kier molecular flexibility index (Phi) is 19.0. The maximum absolute atomic E-state index is 13.4. The summed E-state index contributed by atoms with van der Waals surface area (Å²) < 4.78 is 15.2. The number of rotatable bonds is 8. The van der Waals surface area contributed by atoms with Crippen LogP contribution in [0.1, 0.15) is 177 Å². The molecule has 0 radical (unpaired) electrons. The molecule has 6 fully saturated rings. The molecular weight excluding hydrogens is 1160 g/mol. The Labute approximate surface area is 524 Å². The van der Waals surface area contributed by atoms with E-state index in [1.165, 1.54) is 38.5 Å². The summed E-state index contributed by atoms with van der Waals surface area (Å²) in [7, 11) is 7.08. The van der Waals surface area contributed by atoms with Gasteiger partial charge >= 0.3 is 12.2 Å². The average molecular weight is 1240 g/mol. The van der Waals surface area contributed by atoms with Crippen LogP contribution in [0.2, 0.25) is 5.28 Å². The molecule has 24 nitrogen and oxygen atoms in total. The second-order valence-corrected chi connectivity index (χ2v) is 26.9. The van der Waals surface area contributed by atoms with Gasteiger partial charge in [-0.3, -0.25) is 29.0 Å². The largest absolute Gasteiger partial charge is 0.444 e. The third-order valence-corrected chi connectivity index (χ3v) is 17.4. The molecule has 4 unspecified atom stereocenters. The minimum atomic E-state index is -0.623. The summed E-state index contributed by atoms with van der Waals surface area (Å²) in [6.45, 7) is 11.8. The molecule has 10 heterocycles. The third-order valence-electron chi connectivity index (χ3n) is 17.2. The number of ether oxygens (including phenoxy) is 2. The van der Waals surface area contributed by atoms with Gasteiger partial charge in [0.2, 0.25) is 23.0 Å². The van der Waals surface area contributed by atoms with Gasteiger partial charge in [-0.05, 0) is 141 Å². The van der Waals surface area contributed by atoms with Crippen LogP contribution in [-0.4, -0.2) is 171 Å². The van der Waals surface area contributed by atoms with Gasteiger partial charge in [0.25, 0.3) is 11.8 Å². The first-order chi connectivity index (χ1) is 42.3. The van der Waals surface area contributed by atoms with Crippen LogP contribution in [0.25, 0.3) is 22.1 Å². The van der Waals surface area contributed by atoms with Gasteiger partial charge in [-0.1, -0.05) is 51.4 Å². The molecule has 4 atom stereocenters. The molecule has 12 rings (SSSR count). The lowest BCUT2D eigenvalue weighted by Crippen LogP contribution is -2.59. The molecule has 2 saturated carbocycles. The molecule has 3 N–H and O–H groups in total. The van der Waals surface area contributed by atoms with E-state index in [4.69, 9.17) is 31.8 Å². The minimum Gasteiger partial charge on any atom is -0.444 e. The fourth-order valence-electron chi connectivity index (χ4n) is 13.1. The number of fused-ring (bicyclic) bond motifs is 6. The van der Waals surface area contributed by atoms with Crippen molar-refractivity contribution >= 4 is 98.4 Å². The van der Waals surface area contributed by atoms with Gasteiger partial charge in [0, 0.05) is 76.5 Å². The van der Waals surface area contributed by atoms with E-state index in [1.807, 2.05) is 59.7 Å². The highest BCUT2D eigenvalue weighted by atomic mass is 35.5. The van der Waals surface area contributed by atoms with Crippen molar-refractivity contribution in [3.63, 3.8) is 0 Å². The highest BCUT2D eigenvalue weighted by Gasteiger charge is 2.51. The predicted octanol–water partition coefficient (Wildman–Crippen LogP) is 10.7. The summed E-state index contributed by atoms with van der Waals surface area (Å²) in [5, 5.41) is 5.13. The van der Waals surface area contributed by atoms with Crippen LogP contribution in [0, 0.1) is 0 Å². The minimum absolute atomic E-state index is 0.00151. The highest BCUT2D eigenvalue weighted by molar-refractivity contribution is 6.28. The first kappa shape index (κ1) is 63.9. The molecular formula is C64H85ClN16O8. The number of carbonyl (C=O) groups excluding carboxylic acids is 6. The molecule has 6 aromatic heterocycles. The molecule has 89 heavy (non-hydrogen) atoms. The molecule has 0 spiro atoms. The van der Waals surface area contributed by atoms with E-state index in [2.05, 4.69) is 39.4 Å². The fourth-order valence-corrected chi connectivity index (χ4v) is 13.3. The maximum Gasteiger partial charge on any atom is 0.411 e. The van der Waals surface area contributed by atoms with Crippen molar-refractivity contribution in [2.75, 3.05) is 62.1 Å². The van der Waals surface area contributed by atoms with Crippen molar-refractivity contribution < 1.29 is 38.2 Å². The Morgan fingerprint density at radius 1 is 0.551 bits per heavy atom. The van der Waals surface area contributed by atoms with Crippen LogP contribution in [-0.2, 0) is 19.1 Å². The summed E-state index contributed by atoms with van der Waals surface area (Å²) in [6.07, 6.45) is 22.5. The molecule has 2 aliphatic carbocycles. The van der Waals surface area contributed by atoms with Crippen molar-refractivity contribution in [1.29, 1.82) is 0 Å². The van der Waals surface area contributed by atoms with Crippen LogP contribution in [0.15, 0.2) is 61.2 Å². The van der Waals surface area contributed by atoms with E-state index < -0.39 is 35.5 Å². The quantitative estimate of drug-likeness (QED) is 0.106. The Balaban J connectivity index is 0.000000163. The summed E-state index contributed by atoms with van der Waals surface area (Å²) in [6, 6.07) is 10.3. The normalized spacial score (nSPS) is 20.7. The lowest BCUT2D eigenvalue weighted by Gasteiger charge is -2.40. The van der Waals surface area contributed by atoms with Crippen molar-refractivity contribution in [1.82, 2.24) is 58.6 Å². The summed E-state index contributed by atoms with van der Waals surface area (Å²) in [5.41, 5.74) is 8.62. The van der Waals surface area contributed by atoms with E-state index in [9.17, 15) is 28.8 Å². The number of nitrogen functional groups attached to an aromatic ring is 1. The topological polar surface area (TPSA) is 266 Å². The molecule has 6 amide bonds. The molecule has 25 heteroatoms. The smallest absolute Gasteiger partial charge is 0.411 e. The van der Waals surface area contributed by atoms with Crippen molar-refractivity contribution in [2.24, 2.45) is 0 Å². The molecule has 0 aromatic carbocycles. The number of pyridine rings is 2. The van der Waals surface area contributed by atoms with Gasteiger partial charge in [-0.25, -0.2) is 29.5 Å². The Morgan fingerprint density at radius 2 is 0.989 bits per heavy atom. The SMILES string of the molecule is CC(C)(C)OC(=O)N1C2CCC1C(=O)N(c1ccc(N)nc1)C2.CN(C)C(=O)c1cc2cnc(Cl)nc2n1C1CCCCCC1.CN(C)C(=O)c1cc2cnc(Nc3ccc(N4CC5CCC(C4=O)N5C(=O)OC(C)(C)C)cn3)nc2n1C1CCCCCC1. The molecule has 4 aliphatic heterocycles. The number of nitrogens with zero attached hydrogens (tertiary/aromatic N) is 14. The second-order valence-electron chi connectivity index (χ2n) is 26.5. The number of halogens is 1.